The molecule has 2 aliphatic heterocycles. The van der Waals surface area contributed by atoms with Crippen LogP contribution in [0, 0.1) is 0 Å². The molecule has 174 valence electrons. The van der Waals surface area contributed by atoms with Crippen molar-refractivity contribution >= 4 is 29.5 Å². The van der Waals surface area contributed by atoms with Gasteiger partial charge in [0.15, 0.2) is 17.2 Å². The van der Waals surface area contributed by atoms with Gasteiger partial charge in [0.2, 0.25) is 0 Å². The highest BCUT2D eigenvalue weighted by atomic mass is 16.4. The SMILES string of the molecule is CC12N=C(c3cccc(C(=O)O)c3)N=C1C(=O)N(C1CCCCC1)C(=O)N2C1CCCCC1. The fraction of sp³-hybridized carbons (Fsp3) is 0.560. The third-order valence-corrected chi connectivity index (χ3v) is 7.54. The van der Waals surface area contributed by atoms with Crippen LogP contribution in [0.5, 0.6) is 0 Å². The molecule has 1 aromatic rings. The molecule has 2 aliphatic carbocycles. The maximum absolute atomic E-state index is 13.9. The van der Waals surface area contributed by atoms with Crippen LogP contribution < -0.4 is 0 Å². The third kappa shape index (κ3) is 3.65. The molecule has 1 aromatic carbocycles. The number of amides is 3. The quantitative estimate of drug-likeness (QED) is 0.741. The van der Waals surface area contributed by atoms with Crippen molar-refractivity contribution in [2.24, 2.45) is 9.98 Å². The molecule has 0 aromatic heterocycles. The van der Waals surface area contributed by atoms with Crippen molar-refractivity contribution in [1.82, 2.24) is 9.80 Å². The number of benzene rings is 1. The zero-order valence-electron chi connectivity index (χ0n) is 19.0. The van der Waals surface area contributed by atoms with E-state index in [0.29, 0.717) is 11.4 Å². The van der Waals surface area contributed by atoms with Gasteiger partial charge in [-0.25, -0.2) is 19.6 Å². The molecule has 1 unspecified atom stereocenters. The summed E-state index contributed by atoms with van der Waals surface area (Å²) in [5, 5.41) is 9.39. The Kier molecular flexibility index (Phi) is 5.54. The Morgan fingerprint density at radius 1 is 1.00 bits per heavy atom. The lowest BCUT2D eigenvalue weighted by Gasteiger charge is -2.50. The number of urea groups is 1. The second-order valence-corrected chi connectivity index (χ2v) is 9.71. The number of aliphatic imine (C=N–C) groups is 2. The second-order valence-electron chi connectivity index (χ2n) is 9.71. The second kappa shape index (κ2) is 8.39. The molecule has 2 saturated carbocycles. The summed E-state index contributed by atoms with van der Waals surface area (Å²) >= 11 is 0. The van der Waals surface area contributed by atoms with E-state index in [-0.39, 0.29) is 35.3 Å². The number of hydrogen-bond donors (Lipinski definition) is 1. The Labute approximate surface area is 193 Å². The van der Waals surface area contributed by atoms with E-state index in [1.54, 1.807) is 12.1 Å². The first-order chi connectivity index (χ1) is 15.9. The summed E-state index contributed by atoms with van der Waals surface area (Å²) < 4.78 is 0. The maximum Gasteiger partial charge on any atom is 0.335 e. The standard InChI is InChI=1S/C25H30N4O4/c1-25-20(26-21(27-25)16-9-8-10-17(15-16)23(31)32)22(30)28(18-11-4-2-5-12-18)24(33)29(25)19-13-6-3-7-14-19/h8-10,15,18-19H,2-7,11-14H2,1H3,(H,31,32). The number of carbonyl (C=O) groups excluding carboxylic acids is 2. The molecular weight excluding hydrogens is 420 g/mol. The molecule has 8 heteroatoms. The first kappa shape index (κ1) is 21.8. The number of carboxylic acid groups (broad SMARTS) is 1. The zero-order valence-corrected chi connectivity index (χ0v) is 19.0. The smallest absolute Gasteiger partial charge is 0.335 e. The Hall–Kier alpha value is -3.03. The Morgan fingerprint density at radius 2 is 1.64 bits per heavy atom. The summed E-state index contributed by atoms with van der Waals surface area (Å²) in [6, 6.07) is 6.08. The Bertz CT molecular complexity index is 1050. The number of carbonyl (C=O) groups is 3. The summed E-state index contributed by atoms with van der Waals surface area (Å²) in [5.74, 6) is -1.08. The van der Waals surface area contributed by atoms with E-state index in [0.717, 1.165) is 64.2 Å². The van der Waals surface area contributed by atoms with E-state index >= 15 is 0 Å². The molecule has 1 atom stereocenters. The van der Waals surface area contributed by atoms with Crippen LogP contribution in [-0.4, -0.2) is 62.1 Å². The Balaban J connectivity index is 1.59. The van der Waals surface area contributed by atoms with Gasteiger partial charge in [-0.3, -0.25) is 14.6 Å². The molecule has 0 spiro atoms. The minimum atomic E-state index is -1.17. The van der Waals surface area contributed by atoms with Gasteiger partial charge in [0.25, 0.3) is 5.91 Å². The predicted molar refractivity (Wildman–Crippen MR) is 124 cm³/mol. The molecule has 8 nitrogen and oxygen atoms in total. The number of hydrogen-bond acceptors (Lipinski definition) is 5. The fourth-order valence-corrected chi connectivity index (χ4v) is 5.85. The highest BCUT2D eigenvalue weighted by Crippen LogP contribution is 2.40. The molecule has 3 amide bonds. The molecule has 4 aliphatic rings. The largest absolute Gasteiger partial charge is 0.478 e. The van der Waals surface area contributed by atoms with Gasteiger partial charge < -0.3 is 5.11 Å². The number of aromatic carboxylic acids is 1. The monoisotopic (exact) mass is 450 g/mol. The minimum absolute atomic E-state index is 0.00842. The van der Waals surface area contributed by atoms with Gasteiger partial charge in [-0.15, -0.1) is 0 Å². The normalized spacial score (nSPS) is 26.8. The summed E-state index contributed by atoms with van der Waals surface area (Å²) in [4.78, 5) is 51.8. The van der Waals surface area contributed by atoms with Crippen molar-refractivity contribution in [3.05, 3.63) is 35.4 Å². The van der Waals surface area contributed by atoms with Crippen molar-refractivity contribution in [2.45, 2.75) is 88.9 Å². The maximum atomic E-state index is 13.9. The van der Waals surface area contributed by atoms with Crippen LogP contribution in [0.3, 0.4) is 0 Å². The van der Waals surface area contributed by atoms with Crippen molar-refractivity contribution in [3.8, 4) is 0 Å². The zero-order chi connectivity index (χ0) is 23.2. The minimum Gasteiger partial charge on any atom is -0.478 e. The van der Waals surface area contributed by atoms with Crippen molar-refractivity contribution in [1.29, 1.82) is 0 Å². The number of amidine groups is 1. The van der Waals surface area contributed by atoms with Crippen LogP contribution in [0.2, 0.25) is 0 Å². The molecule has 0 radical (unpaired) electrons. The average Bonchev–Trinajstić information content (AvgIpc) is 3.19. The molecule has 3 fully saturated rings. The highest BCUT2D eigenvalue weighted by molar-refractivity contribution is 6.49. The van der Waals surface area contributed by atoms with Gasteiger partial charge in [0.05, 0.1) is 5.56 Å². The molecule has 1 saturated heterocycles. The number of imide groups is 1. The summed E-state index contributed by atoms with van der Waals surface area (Å²) in [6.45, 7) is 1.81. The highest BCUT2D eigenvalue weighted by Gasteiger charge is 2.57. The predicted octanol–water partition coefficient (Wildman–Crippen LogP) is 4.23. The van der Waals surface area contributed by atoms with E-state index in [9.17, 15) is 19.5 Å². The van der Waals surface area contributed by atoms with Gasteiger partial charge in [-0.1, -0.05) is 50.7 Å². The molecule has 2 heterocycles. The van der Waals surface area contributed by atoms with E-state index < -0.39 is 11.6 Å². The molecule has 5 rings (SSSR count). The van der Waals surface area contributed by atoms with Crippen molar-refractivity contribution in [3.63, 3.8) is 0 Å². The molecule has 0 bridgehead atoms. The molecule has 33 heavy (non-hydrogen) atoms. The van der Waals surface area contributed by atoms with E-state index in [2.05, 4.69) is 4.99 Å². The number of rotatable bonds is 4. The van der Waals surface area contributed by atoms with Crippen LogP contribution in [0.15, 0.2) is 34.3 Å². The lowest BCUT2D eigenvalue weighted by molar-refractivity contribution is -0.127. The summed E-state index contributed by atoms with van der Waals surface area (Å²) in [7, 11) is 0. The van der Waals surface area contributed by atoms with Gasteiger partial charge in [-0.05, 0) is 44.7 Å². The van der Waals surface area contributed by atoms with Gasteiger partial charge >= 0.3 is 12.0 Å². The molecule has 1 N–H and O–H groups in total. The lowest BCUT2D eigenvalue weighted by Crippen LogP contribution is -2.71. The number of nitrogens with zero attached hydrogens (tertiary/aromatic N) is 4. The summed E-state index contributed by atoms with van der Waals surface area (Å²) in [5.41, 5.74) is -0.235. The molecular formula is C25H30N4O4. The van der Waals surface area contributed by atoms with Crippen LogP contribution >= 0.6 is 0 Å². The van der Waals surface area contributed by atoms with E-state index in [1.165, 1.54) is 17.0 Å². The lowest BCUT2D eigenvalue weighted by atomic mass is 9.88. The first-order valence-corrected chi connectivity index (χ1v) is 12.1. The average molecular weight is 451 g/mol. The van der Waals surface area contributed by atoms with Gasteiger partial charge in [-0.2, -0.15) is 0 Å². The first-order valence-electron chi connectivity index (χ1n) is 12.1. The number of fused-ring (bicyclic) bond motifs is 1. The third-order valence-electron chi connectivity index (χ3n) is 7.54. The van der Waals surface area contributed by atoms with E-state index in [1.807, 2.05) is 11.8 Å². The summed E-state index contributed by atoms with van der Waals surface area (Å²) in [6.07, 6.45) is 9.83. The number of carboxylic acids is 1. The van der Waals surface area contributed by atoms with Crippen LogP contribution in [0.4, 0.5) is 4.79 Å². The van der Waals surface area contributed by atoms with Gasteiger partial charge in [0, 0.05) is 17.6 Å². The topological polar surface area (TPSA) is 103 Å². The van der Waals surface area contributed by atoms with E-state index in [4.69, 9.17) is 4.99 Å². The Morgan fingerprint density at radius 3 is 2.27 bits per heavy atom. The van der Waals surface area contributed by atoms with Crippen LogP contribution in [-0.2, 0) is 4.79 Å². The van der Waals surface area contributed by atoms with Crippen LogP contribution in [0.25, 0.3) is 0 Å². The fourth-order valence-electron chi connectivity index (χ4n) is 5.85. The van der Waals surface area contributed by atoms with Crippen molar-refractivity contribution < 1.29 is 19.5 Å². The van der Waals surface area contributed by atoms with Crippen LogP contribution in [0.1, 0.15) is 87.1 Å². The van der Waals surface area contributed by atoms with Gasteiger partial charge in [0.1, 0.15) is 0 Å². The van der Waals surface area contributed by atoms with Crippen molar-refractivity contribution in [2.75, 3.05) is 0 Å².